The summed E-state index contributed by atoms with van der Waals surface area (Å²) in [5.74, 6) is -2.40. The molecule has 2 unspecified atom stereocenters. The van der Waals surface area contributed by atoms with Gasteiger partial charge in [-0.3, -0.25) is 9.05 Å². The summed E-state index contributed by atoms with van der Waals surface area (Å²) in [7, 11) is -6.99. The molecule has 0 N–H and O–H groups in total. The van der Waals surface area contributed by atoms with Crippen LogP contribution in [0.15, 0.2) is 74.2 Å². The van der Waals surface area contributed by atoms with Crippen molar-refractivity contribution >= 4 is 43.7 Å². The third kappa shape index (κ3) is 8.58. The lowest BCUT2D eigenvalue weighted by molar-refractivity contribution is 0.00460. The lowest BCUT2D eigenvalue weighted by Gasteiger charge is -2.30. The van der Waals surface area contributed by atoms with E-state index >= 15 is 0 Å². The lowest BCUT2D eigenvalue weighted by atomic mass is 10.3. The summed E-state index contributed by atoms with van der Waals surface area (Å²) in [6.07, 6.45) is 0. The molecule has 192 valence electrons. The molecule has 0 spiro atoms. The van der Waals surface area contributed by atoms with E-state index in [9.17, 15) is 0 Å². The second kappa shape index (κ2) is 13.1. The molecule has 4 rings (SSSR count). The highest BCUT2D eigenvalue weighted by Gasteiger charge is 2.42. The molecule has 0 fully saturated rings. The minimum Gasteiger partial charge on any atom is -0.422 e. The predicted molar refractivity (Wildman–Crippen MR) is 138 cm³/mol. The van der Waals surface area contributed by atoms with Crippen LogP contribution in [-0.2, 0) is 23.3 Å². The Bertz CT molecular complexity index is 1060. The summed E-state index contributed by atoms with van der Waals surface area (Å²) in [4.78, 5) is 0. The average Bonchev–Trinajstić information content (AvgIpc) is 2.81. The van der Waals surface area contributed by atoms with E-state index in [0.717, 1.165) is 0 Å². The minimum atomic E-state index is -3.49. The first-order valence-electron chi connectivity index (χ1n) is 10.8. The molecule has 0 aromatic heterocycles. The molecular formula is C20H26Cl2N3O7P3. The molecule has 0 saturated heterocycles. The number of ether oxygens (including phenoxy) is 3. The Labute approximate surface area is 214 Å². The summed E-state index contributed by atoms with van der Waals surface area (Å²) in [5.41, 5.74) is 0. The van der Waals surface area contributed by atoms with Crippen molar-refractivity contribution in [3.05, 3.63) is 60.7 Å². The van der Waals surface area contributed by atoms with Crippen LogP contribution in [0.2, 0.25) is 0 Å². The van der Waals surface area contributed by atoms with E-state index in [0.29, 0.717) is 37.9 Å². The standard InChI is InChI=1S/C20H26Cl2N3O7P3/c21-33(22)23-34(31-19-7-3-1-4-8-19)25-35(24-33,32-20-9-5-2-6-10-20)30-18-16-28-14-12-26-11-13-27-15-17-29-34/h1-10H,11-18H2. The van der Waals surface area contributed by atoms with Crippen LogP contribution in [0.1, 0.15) is 0 Å². The minimum absolute atomic E-state index is 0.121. The molecule has 0 saturated carbocycles. The third-order valence-electron chi connectivity index (χ3n) is 4.32. The number of hydrogen-bond donors (Lipinski definition) is 0. The molecule has 35 heavy (non-hydrogen) atoms. The van der Waals surface area contributed by atoms with E-state index in [4.69, 9.17) is 59.3 Å². The molecule has 0 aliphatic carbocycles. The van der Waals surface area contributed by atoms with Crippen molar-refractivity contribution in [3.8, 4) is 11.5 Å². The zero-order chi connectivity index (χ0) is 24.5. The van der Waals surface area contributed by atoms with Gasteiger partial charge >= 0.3 is 15.3 Å². The maximum absolute atomic E-state index is 6.62. The van der Waals surface area contributed by atoms with E-state index in [2.05, 4.69) is 9.03 Å². The van der Waals surface area contributed by atoms with Crippen LogP contribution < -0.4 is 9.05 Å². The lowest BCUT2D eigenvalue weighted by Crippen LogP contribution is -2.14. The molecule has 10 nitrogen and oxygen atoms in total. The van der Waals surface area contributed by atoms with Gasteiger partial charge in [0.25, 0.3) is 5.91 Å². The van der Waals surface area contributed by atoms with Gasteiger partial charge in [-0.25, -0.2) is 0 Å². The molecule has 2 heterocycles. The van der Waals surface area contributed by atoms with Gasteiger partial charge in [0, 0.05) is 0 Å². The zero-order valence-corrected chi connectivity index (χ0v) is 22.9. The number of fused-ring (bicyclic) bond motifs is 1. The molecule has 2 aromatic rings. The van der Waals surface area contributed by atoms with Crippen molar-refractivity contribution in [2.45, 2.75) is 0 Å². The SMILES string of the molecule is ClP1(Cl)=NP2(Oc3ccccc3)=NP(Oc3ccccc3)(=N1)OCCOCCOCCOCCO2. The number of rotatable bonds is 4. The van der Waals surface area contributed by atoms with Crippen molar-refractivity contribution in [2.75, 3.05) is 52.9 Å². The number of nitrogens with zero attached hydrogens (tertiary/aromatic N) is 3. The molecule has 2 aromatic carbocycles. The molecular weight excluding hydrogens is 558 g/mol. The Morgan fingerprint density at radius 1 is 0.543 bits per heavy atom. The zero-order valence-electron chi connectivity index (χ0n) is 18.7. The second-order valence-electron chi connectivity index (χ2n) is 7.02. The highest BCUT2D eigenvalue weighted by Crippen LogP contribution is 2.82. The number of para-hydroxylation sites is 2. The largest absolute Gasteiger partial charge is 0.422 e. The molecule has 15 heteroatoms. The fourth-order valence-electron chi connectivity index (χ4n) is 2.91. The second-order valence-corrected chi connectivity index (χ2v) is 16.3. The van der Waals surface area contributed by atoms with E-state index < -0.39 is 21.2 Å². The summed E-state index contributed by atoms with van der Waals surface area (Å²) in [5, 5.41) is 0. The van der Waals surface area contributed by atoms with Gasteiger partial charge in [0.05, 0.1) is 52.9 Å². The Kier molecular flexibility index (Phi) is 10.1. The quantitative estimate of drug-likeness (QED) is 0.342. The topological polar surface area (TPSA) is 102 Å². The van der Waals surface area contributed by atoms with Gasteiger partial charge in [-0.2, -0.15) is 9.03 Å². The van der Waals surface area contributed by atoms with Crippen molar-refractivity contribution in [1.29, 1.82) is 0 Å². The van der Waals surface area contributed by atoms with Gasteiger partial charge < -0.3 is 23.3 Å². The monoisotopic (exact) mass is 583 g/mol. The Hall–Kier alpha value is -0.890. The van der Waals surface area contributed by atoms with E-state index in [1.165, 1.54) is 0 Å². The van der Waals surface area contributed by atoms with Gasteiger partial charge in [0.1, 0.15) is 11.5 Å². The maximum atomic E-state index is 6.62. The normalized spacial score (nSPS) is 27.9. The molecule has 2 bridgehead atoms. The van der Waals surface area contributed by atoms with Crippen molar-refractivity contribution in [3.63, 3.8) is 0 Å². The number of benzene rings is 2. The predicted octanol–water partition coefficient (Wildman–Crippen LogP) is 7.57. The van der Waals surface area contributed by atoms with Crippen LogP contribution >= 0.6 is 43.7 Å². The molecule has 2 aliphatic heterocycles. The molecule has 2 atom stereocenters. The van der Waals surface area contributed by atoms with Crippen LogP contribution in [0.4, 0.5) is 0 Å². The fraction of sp³-hybridized carbons (Fsp3) is 0.400. The number of halogens is 2. The van der Waals surface area contributed by atoms with Gasteiger partial charge in [0.2, 0.25) is 0 Å². The van der Waals surface area contributed by atoms with Crippen LogP contribution in [0.3, 0.4) is 0 Å². The Morgan fingerprint density at radius 2 is 0.943 bits per heavy atom. The van der Waals surface area contributed by atoms with Crippen LogP contribution in [0.25, 0.3) is 0 Å². The highest BCUT2D eigenvalue weighted by molar-refractivity contribution is 8.13. The number of hydrogen-bond acceptors (Lipinski definition) is 10. The van der Waals surface area contributed by atoms with Gasteiger partial charge in [0.15, 0.2) is 0 Å². The van der Waals surface area contributed by atoms with E-state index in [-0.39, 0.29) is 26.4 Å². The first kappa shape index (κ1) is 27.2. The first-order valence-corrected chi connectivity index (χ1v) is 17.4. The summed E-state index contributed by atoms with van der Waals surface area (Å²) < 4.78 is 55.1. The molecule has 0 amide bonds. The van der Waals surface area contributed by atoms with Gasteiger partial charge in [-0.05, 0) is 46.7 Å². The summed E-state index contributed by atoms with van der Waals surface area (Å²) >= 11 is 13.2. The Morgan fingerprint density at radius 3 is 1.40 bits per heavy atom. The Balaban J connectivity index is 1.76. The summed E-state index contributed by atoms with van der Waals surface area (Å²) in [6, 6.07) is 18.1. The summed E-state index contributed by atoms with van der Waals surface area (Å²) in [6.45, 7) is 2.42. The fourth-order valence-corrected chi connectivity index (χ4v) is 13.6. The maximum Gasteiger partial charge on any atom is 0.401 e. The van der Waals surface area contributed by atoms with E-state index in [1.807, 2.05) is 36.4 Å². The van der Waals surface area contributed by atoms with Crippen molar-refractivity contribution in [1.82, 2.24) is 0 Å². The van der Waals surface area contributed by atoms with Crippen LogP contribution in [0.5, 0.6) is 11.5 Å². The first-order chi connectivity index (χ1) is 17.0. The highest BCUT2D eigenvalue weighted by atomic mass is 35.9. The smallest absolute Gasteiger partial charge is 0.401 e. The average molecular weight is 584 g/mol. The van der Waals surface area contributed by atoms with Crippen LogP contribution in [0, 0.1) is 0 Å². The van der Waals surface area contributed by atoms with Crippen molar-refractivity contribution in [2.24, 2.45) is 13.5 Å². The van der Waals surface area contributed by atoms with Crippen LogP contribution in [-0.4, -0.2) is 52.9 Å². The molecule has 0 radical (unpaired) electrons. The molecule has 2 aliphatic rings. The van der Waals surface area contributed by atoms with E-state index in [1.54, 1.807) is 24.3 Å². The third-order valence-corrected chi connectivity index (χ3v) is 14.0. The van der Waals surface area contributed by atoms with Gasteiger partial charge in [-0.1, -0.05) is 36.4 Å². The van der Waals surface area contributed by atoms with Gasteiger partial charge in [-0.15, -0.1) is 4.52 Å². The van der Waals surface area contributed by atoms with Crippen molar-refractivity contribution < 1.29 is 32.3 Å².